The van der Waals surface area contributed by atoms with E-state index < -0.39 is 10.0 Å². The zero-order valence-electron chi connectivity index (χ0n) is 13.5. The Bertz CT molecular complexity index is 908. The number of para-hydroxylation sites is 1. The lowest BCUT2D eigenvalue weighted by Crippen LogP contribution is -2.36. The third-order valence-corrected chi connectivity index (χ3v) is 6.70. The van der Waals surface area contributed by atoms with E-state index in [0.29, 0.717) is 23.7 Å². The minimum Gasteiger partial charge on any atom is -0.295 e. The Balaban J connectivity index is 2.15. The highest BCUT2D eigenvalue weighted by molar-refractivity contribution is 7.93. The van der Waals surface area contributed by atoms with Crippen LogP contribution in [0.2, 0.25) is 5.02 Å². The molecule has 2 aromatic rings. The SMILES string of the molecule is CC(=O)c1ccc(Cl)c(S(=O)(=O)N2CC[C@@H](C)c3ccccc32)c1. The maximum absolute atomic E-state index is 13.2. The summed E-state index contributed by atoms with van der Waals surface area (Å²) in [7, 11) is -3.84. The van der Waals surface area contributed by atoms with Crippen molar-refractivity contribution in [1.82, 2.24) is 0 Å². The van der Waals surface area contributed by atoms with Crippen LogP contribution in [0.4, 0.5) is 5.69 Å². The molecule has 4 nitrogen and oxygen atoms in total. The summed E-state index contributed by atoms with van der Waals surface area (Å²) in [6.07, 6.45) is 0.736. The van der Waals surface area contributed by atoms with E-state index >= 15 is 0 Å². The monoisotopic (exact) mass is 363 g/mol. The Morgan fingerprint density at radius 3 is 2.62 bits per heavy atom. The molecule has 0 spiro atoms. The van der Waals surface area contributed by atoms with Crippen molar-refractivity contribution in [2.24, 2.45) is 0 Å². The van der Waals surface area contributed by atoms with Crippen LogP contribution in [0.15, 0.2) is 47.4 Å². The van der Waals surface area contributed by atoms with Crippen molar-refractivity contribution < 1.29 is 13.2 Å². The van der Waals surface area contributed by atoms with E-state index in [-0.39, 0.29) is 15.7 Å². The first-order valence-electron chi connectivity index (χ1n) is 7.74. The lowest BCUT2D eigenvalue weighted by atomic mass is 9.93. The molecule has 24 heavy (non-hydrogen) atoms. The van der Waals surface area contributed by atoms with Crippen molar-refractivity contribution in [3.63, 3.8) is 0 Å². The average Bonchev–Trinajstić information content (AvgIpc) is 2.55. The van der Waals surface area contributed by atoms with Gasteiger partial charge in [-0.1, -0.05) is 36.7 Å². The largest absolute Gasteiger partial charge is 0.295 e. The Morgan fingerprint density at radius 2 is 1.92 bits per heavy atom. The molecule has 6 heteroatoms. The molecule has 0 radical (unpaired) electrons. The number of ketones is 1. The van der Waals surface area contributed by atoms with Crippen molar-refractivity contribution >= 4 is 33.1 Å². The van der Waals surface area contributed by atoms with E-state index in [9.17, 15) is 13.2 Å². The van der Waals surface area contributed by atoms with Crippen LogP contribution in [-0.2, 0) is 10.0 Å². The van der Waals surface area contributed by atoms with Gasteiger partial charge in [-0.05, 0) is 49.1 Å². The number of hydrogen-bond donors (Lipinski definition) is 0. The molecule has 1 atom stereocenters. The predicted octanol–water partition coefficient (Wildman–Crippen LogP) is 4.25. The molecule has 0 N–H and O–H groups in total. The second-order valence-corrected chi connectivity index (χ2v) is 8.27. The van der Waals surface area contributed by atoms with Gasteiger partial charge < -0.3 is 0 Å². The number of nitrogens with zero attached hydrogens (tertiary/aromatic N) is 1. The van der Waals surface area contributed by atoms with Crippen LogP contribution in [-0.4, -0.2) is 20.7 Å². The number of rotatable bonds is 3. The normalized spacial score (nSPS) is 17.5. The van der Waals surface area contributed by atoms with Gasteiger partial charge in [-0.2, -0.15) is 0 Å². The van der Waals surface area contributed by atoms with Gasteiger partial charge in [0.2, 0.25) is 0 Å². The highest BCUT2D eigenvalue weighted by Crippen LogP contribution is 2.39. The van der Waals surface area contributed by atoms with Crippen LogP contribution in [0.3, 0.4) is 0 Å². The number of sulfonamides is 1. The third-order valence-electron chi connectivity index (χ3n) is 4.41. The Labute approximate surface area is 147 Å². The molecule has 0 bridgehead atoms. The van der Waals surface area contributed by atoms with Crippen LogP contribution < -0.4 is 4.31 Å². The van der Waals surface area contributed by atoms with Gasteiger partial charge in [-0.3, -0.25) is 9.10 Å². The molecule has 1 aliphatic heterocycles. The van der Waals surface area contributed by atoms with Crippen LogP contribution in [0.5, 0.6) is 0 Å². The van der Waals surface area contributed by atoms with Gasteiger partial charge in [0.15, 0.2) is 5.78 Å². The molecular formula is C18H18ClNO3S. The predicted molar refractivity (Wildman–Crippen MR) is 95.5 cm³/mol. The molecule has 0 saturated carbocycles. The molecule has 0 aromatic heterocycles. The van der Waals surface area contributed by atoms with Gasteiger partial charge in [0.25, 0.3) is 10.0 Å². The highest BCUT2D eigenvalue weighted by atomic mass is 35.5. The average molecular weight is 364 g/mol. The van der Waals surface area contributed by atoms with Gasteiger partial charge in [0.05, 0.1) is 10.7 Å². The summed E-state index contributed by atoms with van der Waals surface area (Å²) in [5, 5.41) is 0.121. The van der Waals surface area contributed by atoms with E-state index in [0.717, 1.165) is 12.0 Å². The fourth-order valence-electron chi connectivity index (χ4n) is 3.01. The summed E-state index contributed by atoms with van der Waals surface area (Å²) in [5.74, 6) is 0.0995. The molecular weight excluding hydrogens is 346 g/mol. The number of benzene rings is 2. The van der Waals surface area contributed by atoms with Crippen molar-refractivity contribution in [2.45, 2.75) is 31.1 Å². The Kier molecular flexibility index (Phi) is 4.40. The molecule has 0 saturated heterocycles. The maximum atomic E-state index is 13.2. The fourth-order valence-corrected chi connectivity index (χ4v) is 5.02. The minimum absolute atomic E-state index is 0.0266. The summed E-state index contributed by atoms with van der Waals surface area (Å²) in [6, 6.07) is 11.9. The lowest BCUT2D eigenvalue weighted by molar-refractivity contribution is 0.101. The summed E-state index contributed by atoms with van der Waals surface area (Å²) in [4.78, 5) is 11.6. The standard InChI is InChI=1S/C18H18ClNO3S/c1-12-9-10-20(17-6-4-3-5-15(12)17)24(22,23)18-11-14(13(2)21)7-8-16(18)19/h3-8,11-12H,9-10H2,1-2H3/t12-/m1/s1. The van der Waals surface area contributed by atoms with Crippen LogP contribution >= 0.6 is 11.6 Å². The second kappa shape index (κ2) is 6.22. The van der Waals surface area contributed by atoms with E-state index in [1.54, 1.807) is 0 Å². The third kappa shape index (κ3) is 2.82. The topological polar surface area (TPSA) is 54.5 Å². The number of hydrogen-bond acceptors (Lipinski definition) is 3. The Hall–Kier alpha value is -1.85. The summed E-state index contributed by atoms with van der Waals surface area (Å²) in [6.45, 7) is 3.88. The molecule has 0 amide bonds. The summed E-state index contributed by atoms with van der Waals surface area (Å²) >= 11 is 6.14. The smallest absolute Gasteiger partial charge is 0.265 e. The van der Waals surface area contributed by atoms with Gasteiger partial charge in [-0.25, -0.2) is 8.42 Å². The zero-order chi connectivity index (χ0) is 17.5. The van der Waals surface area contributed by atoms with Gasteiger partial charge in [0.1, 0.15) is 4.90 Å². The number of halogens is 1. The van der Waals surface area contributed by atoms with E-state index in [4.69, 9.17) is 11.6 Å². The molecule has 0 fully saturated rings. The second-order valence-electron chi connectivity index (χ2n) is 6.03. The van der Waals surface area contributed by atoms with E-state index in [1.807, 2.05) is 24.3 Å². The number of fused-ring (bicyclic) bond motifs is 1. The molecule has 126 valence electrons. The number of anilines is 1. The zero-order valence-corrected chi connectivity index (χ0v) is 15.1. The first-order valence-corrected chi connectivity index (χ1v) is 9.56. The molecule has 1 heterocycles. The number of carbonyl (C=O) groups excluding carboxylic acids is 1. The van der Waals surface area contributed by atoms with Crippen LogP contribution in [0.1, 0.15) is 42.1 Å². The van der Waals surface area contributed by atoms with Crippen molar-refractivity contribution in [3.8, 4) is 0 Å². The molecule has 0 aliphatic carbocycles. The first kappa shape index (κ1) is 17.0. The van der Waals surface area contributed by atoms with Gasteiger partial charge in [0, 0.05) is 12.1 Å². The fraction of sp³-hybridized carbons (Fsp3) is 0.278. The molecule has 2 aromatic carbocycles. The lowest BCUT2D eigenvalue weighted by Gasteiger charge is -2.33. The van der Waals surface area contributed by atoms with Crippen molar-refractivity contribution in [3.05, 3.63) is 58.6 Å². The van der Waals surface area contributed by atoms with Crippen LogP contribution in [0, 0.1) is 0 Å². The quantitative estimate of drug-likeness (QED) is 0.766. The summed E-state index contributed by atoms with van der Waals surface area (Å²) < 4.78 is 27.8. The van der Waals surface area contributed by atoms with Gasteiger partial charge >= 0.3 is 0 Å². The van der Waals surface area contributed by atoms with Crippen LogP contribution in [0.25, 0.3) is 0 Å². The Morgan fingerprint density at radius 1 is 1.21 bits per heavy atom. The van der Waals surface area contributed by atoms with E-state index in [1.165, 1.54) is 29.4 Å². The van der Waals surface area contributed by atoms with Gasteiger partial charge in [-0.15, -0.1) is 0 Å². The first-order chi connectivity index (χ1) is 11.3. The molecule has 1 aliphatic rings. The summed E-state index contributed by atoms with van der Waals surface area (Å²) in [5.41, 5.74) is 2.02. The van der Waals surface area contributed by atoms with Crippen molar-refractivity contribution in [1.29, 1.82) is 0 Å². The number of Topliss-reactive ketones (excluding diaryl/α,β-unsaturated/α-hetero) is 1. The minimum atomic E-state index is -3.84. The van der Waals surface area contributed by atoms with E-state index in [2.05, 4.69) is 6.92 Å². The highest BCUT2D eigenvalue weighted by Gasteiger charge is 2.33. The maximum Gasteiger partial charge on any atom is 0.265 e. The molecule has 3 rings (SSSR count). The molecule has 0 unspecified atom stereocenters. The van der Waals surface area contributed by atoms with Crippen molar-refractivity contribution in [2.75, 3.05) is 10.8 Å². The number of carbonyl (C=O) groups is 1.